The normalized spacial score (nSPS) is 15.9. The number of amides is 2. The van der Waals surface area contributed by atoms with Crippen LogP contribution in [0.25, 0.3) is 11.1 Å². The van der Waals surface area contributed by atoms with Crippen molar-refractivity contribution in [3.63, 3.8) is 0 Å². The monoisotopic (exact) mass is 481 g/mol. The van der Waals surface area contributed by atoms with Crippen LogP contribution in [0.1, 0.15) is 58.4 Å². The van der Waals surface area contributed by atoms with Crippen LogP contribution in [0.5, 0.6) is 0 Å². The summed E-state index contributed by atoms with van der Waals surface area (Å²) in [5, 5.41) is 28.1. The Morgan fingerprint density at radius 2 is 1.83 bits per heavy atom. The van der Waals surface area contributed by atoms with Crippen LogP contribution in [0.15, 0.2) is 36.7 Å². The molecule has 0 bridgehead atoms. The lowest BCUT2D eigenvalue weighted by Crippen LogP contribution is -2.61. The SMILES string of the molecule is CC(C)(C)OC(=O)NC1(C(=O)NC(C#N)Cc2ccc(-c3cnn(C(=O)O)c3)cc2)CCCCC1. The van der Waals surface area contributed by atoms with E-state index < -0.39 is 29.4 Å². The number of benzene rings is 1. The molecule has 1 atom stereocenters. The van der Waals surface area contributed by atoms with Gasteiger partial charge >= 0.3 is 12.2 Å². The van der Waals surface area contributed by atoms with Gasteiger partial charge in [0.2, 0.25) is 5.91 Å². The van der Waals surface area contributed by atoms with Crippen LogP contribution in [-0.4, -0.2) is 50.2 Å². The summed E-state index contributed by atoms with van der Waals surface area (Å²) in [7, 11) is 0. The van der Waals surface area contributed by atoms with E-state index in [1.54, 1.807) is 20.8 Å². The first-order valence-electron chi connectivity index (χ1n) is 11.6. The minimum atomic E-state index is -1.17. The van der Waals surface area contributed by atoms with Gasteiger partial charge in [-0.05, 0) is 44.7 Å². The highest BCUT2D eigenvalue weighted by Gasteiger charge is 2.42. The van der Waals surface area contributed by atoms with Crippen molar-refractivity contribution in [2.75, 3.05) is 0 Å². The Morgan fingerprint density at radius 3 is 2.37 bits per heavy atom. The van der Waals surface area contributed by atoms with Crippen LogP contribution in [-0.2, 0) is 16.0 Å². The minimum absolute atomic E-state index is 0.277. The predicted molar refractivity (Wildman–Crippen MR) is 128 cm³/mol. The molecule has 1 aliphatic carbocycles. The number of nitrogens with zero attached hydrogens (tertiary/aromatic N) is 3. The maximum atomic E-state index is 13.3. The molecule has 1 aromatic heterocycles. The highest BCUT2D eigenvalue weighted by atomic mass is 16.6. The quantitative estimate of drug-likeness (QED) is 0.568. The average Bonchev–Trinajstić information content (AvgIpc) is 3.29. The summed E-state index contributed by atoms with van der Waals surface area (Å²) >= 11 is 0. The molecular formula is C25H31N5O5. The number of nitriles is 1. The van der Waals surface area contributed by atoms with Crippen LogP contribution < -0.4 is 10.6 Å². The second-order valence-corrected chi connectivity index (χ2v) is 9.78. The number of carbonyl (C=O) groups is 3. The molecule has 1 heterocycles. The molecule has 0 saturated heterocycles. The molecular weight excluding hydrogens is 450 g/mol. The summed E-state index contributed by atoms with van der Waals surface area (Å²) in [6.45, 7) is 5.28. The number of carbonyl (C=O) groups excluding carboxylic acids is 2. The number of rotatable bonds is 6. The third-order valence-corrected chi connectivity index (χ3v) is 5.85. The van der Waals surface area contributed by atoms with Crippen molar-refractivity contribution in [1.82, 2.24) is 20.4 Å². The van der Waals surface area contributed by atoms with Gasteiger partial charge in [-0.1, -0.05) is 43.5 Å². The van der Waals surface area contributed by atoms with Crippen LogP contribution in [0.2, 0.25) is 0 Å². The summed E-state index contributed by atoms with van der Waals surface area (Å²) < 4.78 is 6.20. The van der Waals surface area contributed by atoms with Crippen LogP contribution in [0.4, 0.5) is 9.59 Å². The summed E-state index contributed by atoms with van der Waals surface area (Å²) in [5.41, 5.74) is 0.454. The van der Waals surface area contributed by atoms with Crippen molar-refractivity contribution in [2.24, 2.45) is 0 Å². The van der Waals surface area contributed by atoms with Gasteiger partial charge in [0.1, 0.15) is 17.2 Å². The lowest BCUT2D eigenvalue weighted by Gasteiger charge is -2.37. The number of nitrogens with one attached hydrogen (secondary N) is 2. The number of ether oxygens (including phenoxy) is 1. The fourth-order valence-electron chi connectivity index (χ4n) is 4.13. The van der Waals surface area contributed by atoms with E-state index >= 15 is 0 Å². The Bertz CT molecular complexity index is 1100. The summed E-state index contributed by atoms with van der Waals surface area (Å²) in [6, 6.07) is 8.60. The molecule has 2 amide bonds. The van der Waals surface area contributed by atoms with E-state index in [1.807, 2.05) is 24.3 Å². The summed E-state index contributed by atoms with van der Waals surface area (Å²) in [6.07, 6.45) is 4.86. The molecule has 0 spiro atoms. The Labute approximate surface area is 204 Å². The first-order valence-corrected chi connectivity index (χ1v) is 11.6. The molecule has 35 heavy (non-hydrogen) atoms. The molecule has 0 aliphatic heterocycles. The highest BCUT2D eigenvalue weighted by Crippen LogP contribution is 2.29. The van der Waals surface area contributed by atoms with Gasteiger partial charge in [-0.3, -0.25) is 4.79 Å². The average molecular weight is 482 g/mol. The molecule has 3 N–H and O–H groups in total. The maximum Gasteiger partial charge on any atom is 0.432 e. The molecule has 2 aromatic rings. The Balaban J connectivity index is 1.67. The van der Waals surface area contributed by atoms with E-state index in [0.717, 1.165) is 35.1 Å². The smallest absolute Gasteiger partial charge is 0.432 e. The molecule has 3 rings (SSSR count). The molecule has 10 heteroatoms. The van der Waals surface area contributed by atoms with Crippen molar-refractivity contribution in [3.8, 4) is 17.2 Å². The van der Waals surface area contributed by atoms with E-state index in [4.69, 9.17) is 9.84 Å². The number of carboxylic acid groups (broad SMARTS) is 1. The van der Waals surface area contributed by atoms with Crippen molar-refractivity contribution < 1.29 is 24.2 Å². The predicted octanol–water partition coefficient (Wildman–Crippen LogP) is 3.85. The summed E-state index contributed by atoms with van der Waals surface area (Å²) in [5.74, 6) is -0.382. The largest absolute Gasteiger partial charge is 0.463 e. The second kappa shape index (κ2) is 10.6. The van der Waals surface area contributed by atoms with E-state index in [-0.39, 0.29) is 12.3 Å². The van der Waals surface area contributed by atoms with Crippen molar-refractivity contribution in [2.45, 2.75) is 76.5 Å². The third kappa shape index (κ3) is 6.82. The van der Waals surface area contributed by atoms with E-state index in [2.05, 4.69) is 21.8 Å². The minimum Gasteiger partial charge on any atom is -0.463 e. The van der Waals surface area contributed by atoms with E-state index in [0.29, 0.717) is 18.4 Å². The van der Waals surface area contributed by atoms with Crippen LogP contribution in [0, 0.1) is 11.3 Å². The Hall–Kier alpha value is -3.87. The zero-order chi connectivity index (χ0) is 25.6. The van der Waals surface area contributed by atoms with Crippen LogP contribution >= 0.6 is 0 Å². The maximum absolute atomic E-state index is 13.3. The third-order valence-electron chi connectivity index (χ3n) is 5.85. The topological polar surface area (TPSA) is 146 Å². The first kappa shape index (κ1) is 25.7. The van der Waals surface area contributed by atoms with Crippen LogP contribution in [0.3, 0.4) is 0 Å². The molecule has 1 aliphatic rings. The fraction of sp³-hybridized carbons (Fsp3) is 0.480. The lowest BCUT2D eigenvalue weighted by molar-refractivity contribution is -0.129. The molecule has 1 fully saturated rings. The first-order chi connectivity index (χ1) is 16.5. The molecule has 1 unspecified atom stereocenters. The van der Waals surface area contributed by atoms with Gasteiger partial charge in [-0.2, -0.15) is 15.0 Å². The second-order valence-electron chi connectivity index (χ2n) is 9.78. The zero-order valence-electron chi connectivity index (χ0n) is 20.2. The Kier molecular flexibility index (Phi) is 7.79. The number of alkyl carbamates (subject to hydrolysis) is 1. The van der Waals surface area contributed by atoms with Gasteiger partial charge in [-0.25, -0.2) is 9.59 Å². The van der Waals surface area contributed by atoms with E-state index in [9.17, 15) is 19.6 Å². The number of hydrogen-bond donors (Lipinski definition) is 3. The van der Waals surface area contributed by atoms with Crippen molar-refractivity contribution in [1.29, 1.82) is 5.26 Å². The lowest BCUT2D eigenvalue weighted by atomic mass is 9.80. The standard InChI is InChI=1S/C25H31N5O5/c1-24(2,3)35-22(32)29-25(11-5-4-6-12-25)21(31)28-20(14-26)13-17-7-9-18(10-8-17)19-15-27-30(16-19)23(33)34/h7-10,15-16,20H,4-6,11-13H2,1-3H3,(H,28,31)(H,29,32)(H,33,34). The molecule has 0 radical (unpaired) electrons. The van der Waals surface area contributed by atoms with Crippen molar-refractivity contribution >= 4 is 18.1 Å². The molecule has 1 saturated carbocycles. The highest BCUT2D eigenvalue weighted by molar-refractivity contribution is 5.90. The summed E-state index contributed by atoms with van der Waals surface area (Å²) in [4.78, 5) is 36.7. The van der Waals surface area contributed by atoms with Gasteiger partial charge in [-0.15, -0.1) is 0 Å². The van der Waals surface area contributed by atoms with Gasteiger partial charge in [0.15, 0.2) is 0 Å². The number of hydrogen-bond acceptors (Lipinski definition) is 6. The van der Waals surface area contributed by atoms with Gasteiger partial charge in [0, 0.05) is 18.2 Å². The Morgan fingerprint density at radius 1 is 1.17 bits per heavy atom. The number of aromatic nitrogens is 2. The van der Waals surface area contributed by atoms with Crippen molar-refractivity contribution in [3.05, 3.63) is 42.2 Å². The van der Waals surface area contributed by atoms with Gasteiger partial charge < -0.3 is 20.5 Å². The van der Waals surface area contributed by atoms with Gasteiger partial charge in [0.25, 0.3) is 0 Å². The fourth-order valence-corrected chi connectivity index (χ4v) is 4.13. The molecule has 10 nitrogen and oxygen atoms in total. The molecule has 1 aromatic carbocycles. The van der Waals surface area contributed by atoms with Gasteiger partial charge in [0.05, 0.1) is 12.3 Å². The molecule has 186 valence electrons. The van der Waals surface area contributed by atoms with E-state index in [1.165, 1.54) is 12.4 Å². The zero-order valence-corrected chi connectivity index (χ0v) is 20.2.